The quantitative estimate of drug-likeness (QED) is 0.593. The van der Waals surface area contributed by atoms with Gasteiger partial charge in [0.2, 0.25) is 5.90 Å². The van der Waals surface area contributed by atoms with Crippen LogP contribution in [0.2, 0.25) is 0 Å². The molecule has 0 amide bonds. The van der Waals surface area contributed by atoms with Crippen molar-refractivity contribution < 1.29 is 4.74 Å². The Kier molecular flexibility index (Phi) is 1.99. The van der Waals surface area contributed by atoms with Gasteiger partial charge in [0.1, 0.15) is 6.54 Å². The number of hydrogen-bond donors (Lipinski definition) is 0. The number of ether oxygens (including phenoxy) is 1. The third-order valence-corrected chi connectivity index (χ3v) is 1.80. The fourth-order valence-corrected chi connectivity index (χ4v) is 1.15. The number of benzene rings is 1. The van der Waals surface area contributed by atoms with Gasteiger partial charge in [-0.15, -0.1) is 0 Å². The fraction of sp³-hybridized carbons (Fsp3) is 0.0909. The molecule has 0 radical (unpaired) electrons. The smallest absolute Gasteiger partial charge is 0.223 e. The third kappa shape index (κ3) is 1.53. The lowest BCUT2D eigenvalue weighted by molar-refractivity contribution is 0.441. The normalized spacial score (nSPS) is 14.8. The lowest BCUT2D eigenvalue weighted by Crippen LogP contribution is -1.98. The molecule has 2 nitrogen and oxygen atoms in total. The van der Waals surface area contributed by atoms with Gasteiger partial charge in [-0.25, -0.2) is 4.99 Å². The van der Waals surface area contributed by atoms with E-state index in [1.165, 1.54) is 0 Å². The molecular formula is C11H9NO. The van der Waals surface area contributed by atoms with Crippen LogP contribution in [0.15, 0.2) is 53.4 Å². The fourth-order valence-electron chi connectivity index (χ4n) is 1.15. The summed E-state index contributed by atoms with van der Waals surface area (Å²) >= 11 is 0. The second-order valence-corrected chi connectivity index (χ2v) is 2.69. The summed E-state index contributed by atoms with van der Waals surface area (Å²) in [5, 5.41) is 0. The van der Waals surface area contributed by atoms with E-state index in [-0.39, 0.29) is 0 Å². The van der Waals surface area contributed by atoms with Crippen LogP contribution in [0.25, 0.3) is 0 Å². The van der Waals surface area contributed by atoms with E-state index >= 15 is 0 Å². The monoisotopic (exact) mass is 171 g/mol. The van der Waals surface area contributed by atoms with Gasteiger partial charge in [-0.05, 0) is 12.1 Å². The second-order valence-electron chi connectivity index (χ2n) is 2.69. The zero-order chi connectivity index (χ0) is 9.10. The Morgan fingerprint density at radius 2 is 2.08 bits per heavy atom. The number of rotatable bonds is 1. The van der Waals surface area contributed by atoms with Gasteiger partial charge in [-0.2, -0.15) is 0 Å². The highest BCUT2D eigenvalue weighted by molar-refractivity contribution is 5.95. The van der Waals surface area contributed by atoms with Gasteiger partial charge in [-0.1, -0.05) is 30.5 Å². The van der Waals surface area contributed by atoms with Crippen LogP contribution in [0.5, 0.6) is 0 Å². The maximum absolute atomic E-state index is 5.39. The van der Waals surface area contributed by atoms with Crippen LogP contribution in [0.4, 0.5) is 0 Å². The predicted molar refractivity (Wildman–Crippen MR) is 51.6 cm³/mol. The van der Waals surface area contributed by atoms with E-state index in [1.54, 1.807) is 0 Å². The average Bonchev–Trinajstić information content (AvgIpc) is 2.67. The van der Waals surface area contributed by atoms with Crippen LogP contribution in [0, 0.1) is 0 Å². The zero-order valence-corrected chi connectivity index (χ0v) is 7.16. The highest BCUT2D eigenvalue weighted by atomic mass is 16.5. The average molecular weight is 171 g/mol. The minimum atomic E-state index is 0.549. The topological polar surface area (TPSA) is 21.6 Å². The number of aliphatic imine (C=N–C) groups is 1. The van der Waals surface area contributed by atoms with Crippen LogP contribution in [-0.4, -0.2) is 12.4 Å². The Labute approximate surface area is 76.9 Å². The molecule has 0 spiro atoms. The van der Waals surface area contributed by atoms with Crippen LogP contribution >= 0.6 is 0 Å². The van der Waals surface area contributed by atoms with Gasteiger partial charge in [0.15, 0.2) is 5.76 Å². The molecule has 0 saturated carbocycles. The van der Waals surface area contributed by atoms with E-state index in [9.17, 15) is 0 Å². The van der Waals surface area contributed by atoms with Gasteiger partial charge in [0, 0.05) is 5.56 Å². The highest BCUT2D eigenvalue weighted by Gasteiger charge is 2.13. The van der Waals surface area contributed by atoms with Crippen molar-refractivity contribution in [3.05, 3.63) is 54.0 Å². The lowest BCUT2D eigenvalue weighted by atomic mass is 10.2. The van der Waals surface area contributed by atoms with Crippen LogP contribution in [0.1, 0.15) is 5.56 Å². The summed E-state index contributed by atoms with van der Waals surface area (Å²) in [4.78, 5) is 4.21. The summed E-state index contributed by atoms with van der Waals surface area (Å²) in [7, 11) is 0. The summed E-state index contributed by atoms with van der Waals surface area (Å²) in [5.41, 5.74) is 3.69. The molecule has 0 fully saturated rings. The summed E-state index contributed by atoms with van der Waals surface area (Å²) in [6.07, 6.45) is 0. The molecule has 1 aromatic rings. The maximum atomic E-state index is 5.39. The Morgan fingerprint density at radius 1 is 1.31 bits per heavy atom. The molecule has 2 heteroatoms. The van der Waals surface area contributed by atoms with Crippen LogP contribution in [-0.2, 0) is 4.74 Å². The molecule has 0 atom stereocenters. The minimum Gasteiger partial charge on any atom is -0.433 e. The van der Waals surface area contributed by atoms with Gasteiger partial charge < -0.3 is 4.74 Å². The maximum Gasteiger partial charge on any atom is 0.223 e. The first kappa shape index (κ1) is 7.84. The minimum absolute atomic E-state index is 0.549. The largest absolute Gasteiger partial charge is 0.433 e. The van der Waals surface area contributed by atoms with Gasteiger partial charge in [0.05, 0.1) is 0 Å². The molecule has 13 heavy (non-hydrogen) atoms. The van der Waals surface area contributed by atoms with Crippen LogP contribution < -0.4 is 0 Å². The highest BCUT2D eigenvalue weighted by Crippen LogP contribution is 2.13. The molecule has 64 valence electrons. The lowest BCUT2D eigenvalue weighted by Gasteiger charge is -1.99. The second kappa shape index (κ2) is 3.30. The third-order valence-electron chi connectivity index (χ3n) is 1.80. The van der Waals surface area contributed by atoms with E-state index in [0.717, 1.165) is 5.56 Å². The summed E-state index contributed by atoms with van der Waals surface area (Å²) < 4.78 is 5.39. The molecule has 0 saturated heterocycles. The van der Waals surface area contributed by atoms with Crippen molar-refractivity contribution in [1.82, 2.24) is 0 Å². The molecule has 0 unspecified atom stereocenters. The molecule has 1 aliphatic rings. The SMILES string of the molecule is C=C=C1CN=C(c2ccccc2)O1. The van der Waals surface area contributed by atoms with E-state index < -0.39 is 0 Å². The van der Waals surface area contributed by atoms with Gasteiger partial charge >= 0.3 is 0 Å². The predicted octanol–water partition coefficient (Wildman–Crippen LogP) is 2.13. The Morgan fingerprint density at radius 3 is 2.69 bits per heavy atom. The van der Waals surface area contributed by atoms with Gasteiger partial charge in [-0.3, -0.25) is 0 Å². The molecular weight excluding hydrogens is 162 g/mol. The van der Waals surface area contributed by atoms with E-state index in [4.69, 9.17) is 4.74 Å². The summed E-state index contributed by atoms with van der Waals surface area (Å²) in [6.45, 7) is 4.06. The molecule has 0 bridgehead atoms. The Bertz CT molecular complexity index is 386. The zero-order valence-electron chi connectivity index (χ0n) is 7.16. The van der Waals surface area contributed by atoms with Crippen molar-refractivity contribution in [2.75, 3.05) is 6.54 Å². The first-order valence-corrected chi connectivity index (χ1v) is 4.07. The van der Waals surface area contributed by atoms with Crippen molar-refractivity contribution in [3.8, 4) is 0 Å². The van der Waals surface area contributed by atoms with Crippen molar-refractivity contribution in [2.24, 2.45) is 4.99 Å². The summed E-state index contributed by atoms with van der Waals surface area (Å²) in [6, 6.07) is 9.80. The molecule has 1 aromatic carbocycles. The first-order chi connectivity index (χ1) is 6.40. The van der Waals surface area contributed by atoms with Crippen molar-refractivity contribution in [3.63, 3.8) is 0 Å². The van der Waals surface area contributed by atoms with Crippen LogP contribution in [0.3, 0.4) is 0 Å². The first-order valence-electron chi connectivity index (χ1n) is 4.07. The molecule has 1 aliphatic heterocycles. The molecule has 0 aromatic heterocycles. The van der Waals surface area contributed by atoms with E-state index in [1.807, 2.05) is 30.3 Å². The van der Waals surface area contributed by atoms with Crippen molar-refractivity contribution in [2.45, 2.75) is 0 Å². The molecule has 2 rings (SSSR count). The number of hydrogen-bond acceptors (Lipinski definition) is 2. The van der Waals surface area contributed by atoms with Crippen molar-refractivity contribution >= 4 is 5.90 Å². The number of nitrogens with zero attached hydrogens (tertiary/aromatic N) is 1. The Hall–Kier alpha value is -1.79. The molecule has 0 N–H and O–H groups in total. The van der Waals surface area contributed by atoms with Gasteiger partial charge in [0.25, 0.3) is 0 Å². The van der Waals surface area contributed by atoms with Crippen molar-refractivity contribution in [1.29, 1.82) is 0 Å². The Balaban J connectivity index is 2.26. The standard InChI is InChI=1S/C11H9NO/c1-2-10-8-12-11(13-10)9-6-4-3-5-7-9/h3-7H,1,8H2. The summed E-state index contributed by atoms with van der Waals surface area (Å²) in [5.74, 6) is 1.35. The van der Waals surface area contributed by atoms with E-state index in [0.29, 0.717) is 18.2 Å². The van der Waals surface area contributed by atoms with E-state index in [2.05, 4.69) is 17.3 Å². The molecule has 1 heterocycles. The molecule has 0 aliphatic carbocycles.